The van der Waals surface area contributed by atoms with E-state index < -0.39 is 0 Å². The Balaban J connectivity index is 1.37. The summed E-state index contributed by atoms with van der Waals surface area (Å²) in [4.78, 5) is 20.0. The Labute approximate surface area is 196 Å². The van der Waals surface area contributed by atoms with Crippen LogP contribution in [0.3, 0.4) is 0 Å². The molecule has 3 heterocycles. The number of nitrogens with one attached hydrogen (secondary N) is 1. The predicted molar refractivity (Wildman–Crippen MR) is 126 cm³/mol. The number of H-pyrrole nitrogens is 1. The molecule has 10 heteroatoms. The molecule has 162 valence electrons. The van der Waals surface area contributed by atoms with Crippen LogP contribution in [0.4, 0.5) is 0 Å². The van der Waals surface area contributed by atoms with E-state index in [1.165, 1.54) is 11.3 Å². The molecule has 6 rings (SSSR count). The summed E-state index contributed by atoms with van der Waals surface area (Å²) in [6.45, 7) is 0. The highest BCUT2D eigenvalue weighted by Gasteiger charge is 2.38. The van der Waals surface area contributed by atoms with Gasteiger partial charge < -0.3 is 4.98 Å². The summed E-state index contributed by atoms with van der Waals surface area (Å²) in [6.07, 6.45) is 3.23. The van der Waals surface area contributed by atoms with E-state index in [1.54, 1.807) is 22.9 Å². The maximum Gasteiger partial charge on any atom is 0.326 e. The van der Waals surface area contributed by atoms with Crippen molar-refractivity contribution in [2.45, 2.75) is 24.8 Å². The van der Waals surface area contributed by atoms with Crippen molar-refractivity contribution in [3.8, 4) is 22.6 Å². The van der Waals surface area contributed by atoms with Crippen LogP contribution in [0.5, 0.6) is 0 Å². The molecular weight excluding hydrogens is 458 g/mol. The number of aromatic nitrogens is 6. The van der Waals surface area contributed by atoms with E-state index in [-0.39, 0.29) is 17.6 Å². The maximum absolute atomic E-state index is 12.7. The van der Waals surface area contributed by atoms with Gasteiger partial charge in [-0.25, -0.2) is 9.78 Å². The fourth-order valence-corrected chi connectivity index (χ4v) is 5.31. The second-order valence-electron chi connectivity index (χ2n) is 7.97. The van der Waals surface area contributed by atoms with Gasteiger partial charge in [-0.05, 0) is 43.2 Å². The zero-order valence-electron chi connectivity index (χ0n) is 17.1. The number of nitriles is 1. The maximum atomic E-state index is 12.7. The Morgan fingerprint density at radius 2 is 2.03 bits per heavy atom. The molecule has 0 saturated heterocycles. The minimum absolute atomic E-state index is 0.0314. The zero-order chi connectivity index (χ0) is 22.5. The number of halogens is 1. The average molecular weight is 474 g/mol. The summed E-state index contributed by atoms with van der Waals surface area (Å²) in [5.41, 5.74) is 2.64. The van der Waals surface area contributed by atoms with Crippen molar-refractivity contribution in [2.75, 3.05) is 0 Å². The Morgan fingerprint density at radius 1 is 1.18 bits per heavy atom. The molecule has 3 aromatic heterocycles. The van der Waals surface area contributed by atoms with Gasteiger partial charge in [0, 0.05) is 23.5 Å². The van der Waals surface area contributed by atoms with Gasteiger partial charge in [-0.2, -0.15) is 5.26 Å². The topological polar surface area (TPSA) is 105 Å². The van der Waals surface area contributed by atoms with E-state index in [0.717, 1.165) is 34.9 Å². The van der Waals surface area contributed by atoms with Gasteiger partial charge in [0.2, 0.25) is 0 Å². The lowest BCUT2D eigenvalue weighted by Gasteiger charge is -2.35. The largest absolute Gasteiger partial charge is 0.326 e. The van der Waals surface area contributed by atoms with Crippen LogP contribution in [0.2, 0.25) is 5.02 Å². The van der Waals surface area contributed by atoms with E-state index in [0.29, 0.717) is 21.9 Å². The number of fused-ring (bicyclic) bond motifs is 1. The highest BCUT2D eigenvalue weighted by molar-refractivity contribution is 7.13. The molecule has 1 aliphatic carbocycles. The molecule has 8 nitrogen and oxygen atoms in total. The number of para-hydroxylation sites is 1. The molecule has 0 unspecified atom stereocenters. The summed E-state index contributed by atoms with van der Waals surface area (Å²) >= 11 is 8.04. The van der Waals surface area contributed by atoms with E-state index in [1.807, 2.05) is 40.3 Å². The number of benzene rings is 2. The molecule has 0 atom stereocenters. The van der Waals surface area contributed by atoms with Gasteiger partial charge in [0.05, 0.1) is 33.4 Å². The summed E-state index contributed by atoms with van der Waals surface area (Å²) in [5.74, 6) is 1.58. The first-order valence-electron chi connectivity index (χ1n) is 10.4. The number of imidazole rings is 1. The smallest absolute Gasteiger partial charge is 0.305 e. The van der Waals surface area contributed by atoms with Crippen LogP contribution in [0.15, 0.2) is 58.8 Å². The van der Waals surface area contributed by atoms with Crippen LogP contribution >= 0.6 is 22.9 Å². The fraction of sp³-hybridized carbons (Fsp3) is 0.174. The molecule has 0 bridgehead atoms. The molecule has 33 heavy (non-hydrogen) atoms. The van der Waals surface area contributed by atoms with Crippen molar-refractivity contribution in [1.29, 1.82) is 5.26 Å². The van der Waals surface area contributed by atoms with Gasteiger partial charge in [0.1, 0.15) is 5.82 Å². The summed E-state index contributed by atoms with van der Waals surface area (Å²) in [6, 6.07) is 15.0. The molecule has 0 amide bonds. The molecule has 1 saturated carbocycles. The molecule has 0 aliphatic heterocycles. The third-order valence-electron chi connectivity index (χ3n) is 6.09. The van der Waals surface area contributed by atoms with Crippen LogP contribution in [-0.2, 0) is 0 Å². The van der Waals surface area contributed by atoms with Crippen molar-refractivity contribution in [3.63, 3.8) is 0 Å². The minimum atomic E-state index is -0.167. The second-order valence-corrected chi connectivity index (χ2v) is 9.27. The first kappa shape index (κ1) is 19.9. The molecule has 1 fully saturated rings. The molecule has 2 aromatic carbocycles. The Kier molecular flexibility index (Phi) is 4.64. The van der Waals surface area contributed by atoms with E-state index >= 15 is 0 Å². The van der Waals surface area contributed by atoms with E-state index in [9.17, 15) is 4.79 Å². The van der Waals surface area contributed by atoms with Crippen molar-refractivity contribution >= 4 is 34.0 Å². The normalized spacial score (nSPS) is 17.7. The molecular formula is C23H16ClN7OS. The number of nitrogens with zero attached hydrogens (tertiary/aromatic N) is 6. The number of hydrogen-bond acceptors (Lipinski definition) is 6. The van der Waals surface area contributed by atoms with Crippen molar-refractivity contribution in [3.05, 3.63) is 80.9 Å². The Hall–Kier alpha value is -3.74. The Morgan fingerprint density at radius 3 is 2.79 bits per heavy atom. The average Bonchev–Trinajstić information content (AvgIpc) is 3.52. The number of thiazole rings is 1. The lowest BCUT2D eigenvalue weighted by Crippen LogP contribution is -2.32. The molecule has 5 aromatic rings. The second kappa shape index (κ2) is 7.69. The summed E-state index contributed by atoms with van der Waals surface area (Å²) in [7, 11) is 0. The summed E-state index contributed by atoms with van der Waals surface area (Å²) in [5, 5.41) is 21.4. The highest BCUT2D eigenvalue weighted by Crippen LogP contribution is 2.46. The van der Waals surface area contributed by atoms with Gasteiger partial charge in [0.15, 0.2) is 10.8 Å². The van der Waals surface area contributed by atoms with Crippen molar-refractivity contribution < 1.29 is 0 Å². The number of aromatic amines is 1. The van der Waals surface area contributed by atoms with Crippen molar-refractivity contribution in [2.24, 2.45) is 0 Å². The zero-order valence-corrected chi connectivity index (χ0v) is 18.7. The van der Waals surface area contributed by atoms with Crippen LogP contribution in [0, 0.1) is 11.3 Å². The first-order valence-corrected chi connectivity index (χ1v) is 11.6. The highest BCUT2D eigenvalue weighted by atomic mass is 35.5. The predicted octanol–water partition coefficient (Wildman–Crippen LogP) is 4.68. The van der Waals surface area contributed by atoms with Crippen LogP contribution in [0.25, 0.3) is 27.6 Å². The molecule has 1 aliphatic rings. The van der Waals surface area contributed by atoms with Gasteiger partial charge in [-0.3, -0.25) is 9.13 Å². The van der Waals surface area contributed by atoms with Crippen LogP contribution in [-0.4, -0.2) is 29.3 Å². The van der Waals surface area contributed by atoms with E-state index in [2.05, 4.69) is 26.2 Å². The standard InChI is InChI=1S/C23H16ClN7OS/c24-16-3-1-2-4-18(16)31-20(28-29-21(31)22-26-7-8-33-22)14-10-15(11-14)30-19-6-5-13(12-25)9-17(19)27-23(30)32/h1-9,14-15H,10-11H2,(H,27,32). The fourth-order valence-electron chi connectivity index (χ4n) is 4.48. The molecule has 0 radical (unpaired) electrons. The Bertz CT molecular complexity index is 1590. The third kappa shape index (κ3) is 3.18. The van der Waals surface area contributed by atoms with Crippen LogP contribution < -0.4 is 5.69 Å². The monoisotopic (exact) mass is 473 g/mol. The number of hydrogen-bond donors (Lipinski definition) is 1. The minimum Gasteiger partial charge on any atom is -0.305 e. The lowest BCUT2D eigenvalue weighted by molar-refractivity contribution is 0.254. The van der Waals surface area contributed by atoms with Gasteiger partial charge in [-0.1, -0.05) is 23.7 Å². The quantitative estimate of drug-likeness (QED) is 0.408. The van der Waals surface area contributed by atoms with Gasteiger partial charge in [0.25, 0.3) is 0 Å². The van der Waals surface area contributed by atoms with Crippen LogP contribution in [0.1, 0.15) is 36.2 Å². The third-order valence-corrected chi connectivity index (χ3v) is 7.18. The summed E-state index contributed by atoms with van der Waals surface area (Å²) < 4.78 is 3.77. The molecule has 0 spiro atoms. The van der Waals surface area contributed by atoms with Gasteiger partial charge >= 0.3 is 5.69 Å². The van der Waals surface area contributed by atoms with E-state index in [4.69, 9.17) is 16.9 Å². The SMILES string of the molecule is N#Cc1ccc2c(c1)[nH]c(=O)n2C1CC(c2nnc(-c3nccs3)n2-c2ccccc2Cl)C1. The lowest BCUT2D eigenvalue weighted by atomic mass is 9.79. The number of rotatable bonds is 4. The first-order chi connectivity index (χ1) is 16.1. The van der Waals surface area contributed by atoms with Crippen molar-refractivity contribution in [1.82, 2.24) is 29.3 Å². The molecule has 1 N–H and O–H groups in total. The van der Waals surface area contributed by atoms with Gasteiger partial charge in [-0.15, -0.1) is 21.5 Å².